The van der Waals surface area contributed by atoms with Gasteiger partial charge in [-0.25, -0.2) is 0 Å². The Labute approximate surface area is 285 Å². The van der Waals surface area contributed by atoms with E-state index in [4.69, 9.17) is 9.97 Å². The molecular weight excluding hydrogens is 772 g/mol. The standard InChI is InChI=1S/C41H30N3Si.Bi/c1-30-26-27-42-41(43-30)31-14-12-20-35(28-31)45(33-16-4-2-5-17-33,34-18-6-3-7-19-34)36-21-13-15-32(29-36)44-39-24-10-8-22-37(39)38-23-9-11-25-40(38)44;/h2-26,28-29H,1H3;. The molecule has 0 atom stereocenters. The SMILES string of the molecule is Cc1c[c]([Bi])nc(-c2cccc([Si](c3ccccc3)(c3ccccc3)c3cccc(-n4c5ccccc5c5ccccc54)c3)c2)n1. The zero-order chi connectivity index (χ0) is 31.1. The zero-order valence-corrected chi connectivity index (χ0v) is 29.9. The summed E-state index contributed by atoms with van der Waals surface area (Å²) < 4.78 is 3.51. The topological polar surface area (TPSA) is 30.7 Å². The molecule has 5 heteroatoms. The van der Waals surface area contributed by atoms with Crippen molar-refractivity contribution in [3.63, 3.8) is 0 Å². The first-order valence-electron chi connectivity index (χ1n) is 15.5. The molecule has 46 heavy (non-hydrogen) atoms. The molecule has 3 nitrogen and oxygen atoms in total. The van der Waals surface area contributed by atoms with Crippen LogP contribution in [0.5, 0.6) is 0 Å². The van der Waals surface area contributed by atoms with Gasteiger partial charge in [0.1, 0.15) is 0 Å². The van der Waals surface area contributed by atoms with E-state index < -0.39 is 8.07 Å². The quantitative estimate of drug-likeness (QED) is 0.159. The Bertz CT molecular complexity index is 2240. The van der Waals surface area contributed by atoms with E-state index in [-0.39, 0.29) is 0 Å². The number of nitrogens with zero attached hydrogens (tertiary/aromatic N) is 3. The molecule has 2 aromatic heterocycles. The molecule has 0 bridgehead atoms. The number of aromatic nitrogens is 3. The summed E-state index contributed by atoms with van der Waals surface area (Å²) in [5, 5.41) is 7.84. The molecule has 0 fully saturated rings. The Morgan fingerprint density at radius 1 is 0.500 bits per heavy atom. The van der Waals surface area contributed by atoms with Gasteiger partial charge in [-0.2, -0.15) is 0 Å². The Morgan fingerprint density at radius 3 is 1.63 bits per heavy atom. The van der Waals surface area contributed by atoms with E-state index in [2.05, 4.69) is 175 Å². The summed E-state index contributed by atoms with van der Waals surface area (Å²) in [6, 6.07) is 60.0. The molecular formula is C41H30BiN3Si. The molecule has 0 saturated carbocycles. The predicted molar refractivity (Wildman–Crippen MR) is 196 cm³/mol. The van der Waals surface area contributed by atoms with Crippen LogP contribution in [0.2, 0.25) is 0 Å². The van der Waals surface area contributed by atoms with Gasteiger partial charge in [-0.3, -0.25) is 0 Å². The number of rotatable bonds is 6. The summed E-state index contributed by atoms with van der Waals surface area (Å²) in [6.45, 7) is 2.05. The van der Waals surface area contributed by atoms with Crippen molar-refractivity contribution < 1.29 is 0 Å². The van der Waals surface area contributed by atoms with Crippen molar-refractivity contribution in [1.82, 2.24) is 14.5 Å². The Balaban J connectivity index is 1.44. The third-order valence-corrected chi connectivity index (χ3v) is 14.6. The van der Waals surface area contributed by atoms with E-state index in [0.717, 1.165) is 50.9 Å². The number of hydrogen-bond donors (Lipinski definition) is 0. The van der Waals surface area contributed by atoms with Crippen molar-refractivity contribution in [2.24, 2.45) is 0 Å². The van der Waals surface area contributed by atoms with Crippen molar-refractivity contribution in [3.8, 4) is 17.1 Å². The van der Waals surface area contributed by atoms with Gasteiger partial charge in [0.2, 0.25) is 0 Å². The van der Waals surface area contributed by atoms with Gasteiger partial charge in [0.05, 0.1) is 0 Å². The van der Waals surface area contributed by atoms with E-state index in [1.54, 1.807) is 0 Å². The summed E-state index contributed by atoms with van der Waals surface area (Å²) >= 11 is 1.11. The van der Waals surface area contributed by atoms with Crippen LogP contribution in [0.4, 0.5) is 0 Å². The van der Waals surface area contributed by atoms with Crippen LogP contribution in [-0.2, 0) is 0 Å². The summed E-state index contributed by atoms with van der Waals surface area (Å²) in [6.07, 6.45) is 0. The fourth-order valence-electron chi connectivity index (χ4n) is 7.03. The molecule has 8 rings (SSSR count). The predicted octanol–water partition coefficient (Wildman–Crippen LogP) is 5.72. The normalized spacial score (nSPS) is 11.7. The maximum atomic E-state index is 4.90. The van der Waals surface area contributed by atoms with Crippen LogP contribution in [0, 0.1) is 6.92 Å². The van der Waals surface area contributed by atoms with Crippen molar-refractivity contribution in [2.45, 2.75) is 6.92 Å². The number of hydrogen-bond acceptors (Lipinski definition) is 2. The molecule has 0 unspecified atom stereocenters. The molecule has 0 aliphatic carbocycles. The Kier molecular flexibility index (Phi) is 7.44. The number of benzene rings is 6. The second-order valence-electron chi connectivity index (χ2n) is 11.7. The molecule has 8 aromatic rings. The van der Waals surface area contributed by atoms with E-state index in [0.29, 0.717) is 0 Å². The van der Waals surface area contributed by atoms with E-state index in [1.807, 2.05) is 0 Å². The van der Waals surface area contributed by atoms with Crippen LogP contribution in [0.1, 0.15) is 5.69 Å². The summed E-state index contributed by atoms with van der Waals surface area (Å²) in [7, 11) is -2.83. The average molecular weight is 802 g/mol. The summed E-state index contributed by atoms with van der Waals surface area (Å²) in [5.41, 5.74) is 5.64. The van der Waals surface area contributed by atoms with Crippen LogP contribution >= 0.6 is 0 Å². The fourth-order valence-corrected chi connectivity index (χ4v) is 12.9. The van der Waals surface area contributed by atoms with Crippen LogP contribution in [0.15, 0.2) is 164 Å². The van der Waals surface area contributed by atoms with Gasteiger partial charge >= 0.3 is 227 Å². The third-order valence-electron chi connectivity index (χ3n) is 8.93. The number of para-hydroxylation sites is 2. The summed E-state index contributed by atoms with van der Waals surface area (Å²) in [5.74, 6) is 0.794. The minimum absolute atomic E-state index is 0.794. The molecule has 2 heterocycles. The van der Waals surface area contributed by atoms with E-state index in [1.165, 1.54) is 42.6 Å². The van der Waals surface area contributed by atoms with Crippen molar-refractivity contribution in [2.75, 3.05) is 0 Å². The van der Waals surface area contributed by atoms with Crippen LogP contribution in [0.25, 0.3) is 38.9 Å². The van der Waals surface area contributed by atoms with E-state index in [9.17, 15) is 0 Å². The van der Waals surface area contributed by atoms with Crippen molar-refractivity contribution >= 4 is 78.7 Å². The maximum absolute atomic E-state index is 4.90. The molecule has 6 aromatic carbocycles. The van der Waals surface area contributed by atoms with Gasteiger partial charge in [0.15, 0.2) is 0 Å². The molecule has 0 saturated heterocycles. The average Bonchev–Trinajstić information content (AvgIpc) is 3.44. The van der Waals surface area contributed by atoms with Gasteiger partial charge in [-0.15, -0.1) is 0 Å². The first kappa shape index (κ1) is 28.8. The molecule has 2 radical (unpaired) electrons. The molecule has 0 aliphatic heterocycles. The van der Waals surface area contributed by atoms with Gasteiger partial charge < -0.3 is 0 Å². The van der Waals surface area contributed by atoms with E-state index >= 15 is 0 Å². The Morgan fingerprint density at radius 2 is 1.02 bits per heavy atom. The first-order valence-corrected chi connectivity index (χ1v) is 19.2. The monoisotopic (exact) mass is 801 g/mol. The second kappa shape index (κ2) is 11.9. The van der Waals surface area contributed by atoms with Crippen molar-refractivity contribution in [1.29, 1.82) is 0 Å². The summed E-state index contributed by atoms with van der Waals surface area (Å²) in [4.78, 5) is 9.77. The van der Waals surface area contributed by atoms with Gasteiger partial charge in [0, 0.05) is 10.8 Å². The molecule has 218 valence electrons. The molecule has 0 N–H and O–H groups in total. The third kappa shape index (κ3) is 4.83. The van der Waals surface area contributed by atoms with Gasteiger partial charge in [-0.05, 0) is 12.1 Å². The van der Waals surface area contributed by atoms with Gasteiger partial charge in [-0.1, -0.05) is 36.4 Å². The molecule has 0 amide bonds. The number of aryl methyl sites for hydroxylation is 1. The first-order chi connectivity index (χ1) is 22.6. The van der Waals surface area contributed by atoms with Crippen molar-refractivity contribution in [3.05, 3.63) is 169 Å². The van der Waals surface area contributed by atoms with Crippen LogP contribution in [-0.4, -0.2) is 47.3 Å². The van der Waals surface area contributed by atoms with Gasteiger partial charge in [0.25, 0.3) is 0 Å². The minimum atomic E-state index is -2.83. The second-order valence-corrected chi connectivity index (χ2v) is 17.3. The number of fused-ring (bicyclic) bond motifs is 3. The molecule has 0 spiro atoms. The van der Waals surface area contributed by atoms with Crippen LogP contribution < -0.4 is 24.1 Å². The van der Waals surface area contributed by atoms with Crippen LogP contribution in [0.3, 0.4) is 0 Å². The fraction of sp³-hybridized carbons (Fsp3) is 0.0244. The zero-order valence-electron chi connectivity index (χ0n) is 25.4. The Hall–Kier alpha value is -4.70. The molecule has 0 aliphatic rings.